The van der Waals surface area contributed by atoms with Crippen molar-refractivity contribution in [2.45, 2.75) is 85.2 Å². The molecule has 3 fully saturated rings. The highest BCUT2D eigenvalue weighted by Crippen LogP contribution is 2.41. The summed E-state index contributed by atoms with van der Waals surface area (Å²) in [5, 5.41) is 6.79. The summed E-state index contributed by atoms with van der Waals surface area (Å²) in [5.41, 5.74) is 20.1. The SMILES string of the molecule is C.Cc1cc(-c2cc(Cl)c3c(c2)CC(CNC(=O)/C=C/c2ccc(N)nc2)O3)ccc1C(=O)N1CCOCC1.Cc1cc(B2OC(C)(C)C(C)(C)O2)ccc1C(=O)N1CCOCC1.Nc1ccc(/C=C/C(=O)NCC2Cc3cc(Br)cc(Cl)c3O2)cn1. The highest BCUT2D eigenvalue weighted by atomic mass is 79.9. The Morgan fingerprint density at radius 3 is 1.55 bits per heavy atom. The zero-order valence-electron chi connectivity index (χ0n) is 48.9. The van der Waals surface area contributed by atoms with Gasteiger partial charge in [-0.05, 0) is 153 Å². The molecule has 2 unspecified atom stereocenters. The van der Waals surface area contributed by atoms with E-state index in [1.165, 1.54) is 12.2 Å². The lowest BCUT2D eigenvalue weighted by Crippen LogP contribution is -2.41. The van der Waals surface area contributed by atoms with Crippen LogP contribution in [-0.2, 0) is 41.2 Å². The van der Waals surface area contributed by atoms with Crippen molar-refractivity contribution in [3.05, 3.63) is 169 Å². The molecule has 18 nitrogen and oxygen atoms in total. The maximum absolute atomic E-state index is 12.9. The number of aromatic nitrogens is 2. The van der Waals surface area contributed by atoms with Crippen LogP contribution in [0.15, 0.2) is 114 Å². The fourth-order valence-corrected chi connectivity index (χ4v) is 11.3. The Bertz CT molecular complexity index is 3510. The fraction of sp³-hybridized carbons (Fsp3) is 0.354. The molecular weight excluding hydrogens is 1210 g/mol. The molecule has 7 heterocycles. The number of aryl methyl sites for hydroxylation is 2. The number of nitrogen functional groups attached to an aromatic ring is 2. The van der Waals surface area contributed by atoms with Gasteiger partial charge in [0.2, 0.25) is 11.8 Å². The Morgan fingerprint density at radius 2 is 1.09 bits per heavy atom. The van der Waals surface area contributed by atoms with Crippen LogP contribution in [0, 0.1) is 13.8 Å². The standard InChI is InChI=1S/C29H29ClN4O4.C18H26BNO4.C17H15BrClN3O2.CH4/c1-18-12-20(4-5-24(18)29(36)34-8-10-37-11-9-34)21-13-22-14-23(38-28(22)25(30)15-21)17-33-27(35)7-3-19-2-6-26(31)32-16-19;1-13-12-14(19-23-17(2,3)18(4,5)24-19)6-7-15(13)16(21)20-8-10-22-11-9-20;18-12-5-11-6-13(24-17(11)14(19)7-12)9-22-16(23)4-2-10-1-3-15(20)21-8-10;/h2-7,12-13,15-16,23H,8-11,14,17H2,1H3,(H2,31,32)(H,33,35);6-7,12H,8-11H2,1-5H3;1-5,7-8,13H,6,9H2,(H2,20,21)(H,22,23);1H4/b7-3+;;4-2+;. The number of hydrogen-bond acceptors (Lipinski definition) is 14. The van der Waals surface area contributed by atoms with Gasteiger partial charge in [0.15, 0.2) is 0 Å². The third-order valence-corrected chi connectivity index (χ3v) is 16.6. The minimum atomic E-state index is -0.402. The molecule has 458 valence electrons. The second kappa shape index (κ2) is 29.1. The number of anilines is 2. The van der Waals surface area contributed by atoms with Crippen molar-refractivity contribution < 1.29 is 47.4 Å². The van der Waals surface area contributed by atoms with Crippen molar-refractivity contribution in [3.8, 4) is 22.6 Å². The lowest BCUT2D eigenvalue weighted by Gasteiger charge is -2.32. The van der Waals surface area contributed by atoms with Crippen molar-refractivity contribution in [3.63, 3.8) is 0 Å². The lowest BCUT2D eigenvalue weighted by atomic mass is 9.78. The smallest absolute Gasteiger partial charge is 0.486 e. The number of nitrogens with zero attached hydrogens (tertiary/aromatic N) is 4. The van der Waals surface area contributed by atoms with E-state index < -0.39 is 7.12 Å². The van der Waals surface area contributed by atoms with E-state index in [1.807, 2.05) is 99.9 Å². The fourth-order valence-electron chi connectivity index (χ4n) is 10.1. The van der Waals surface area contributed by atoms with E-state index in [-0.39, 0.29) is 54.5 Å². The summed E-state index contributed by atoms with van der Waals surface area (Å²) in [5.74, 6) is 1.89. The number of benzene rings is 4. The molecule has 22 heteroatoms. The predicted octanol–water partition coefficient (Wildman–Crippen LogP) is 9.51. The first kappa shape index (κ1) is 65.7. The monoisotopic (exact) mass is 1290 g/mol. The molecule has 0 saturated carbocycles. The number of ether oxygens (including phenoxy) is 4. The Labute approximate surface area is 527 Å². The largest absolute Gasteiger partial charge is 0.494 e. The number of nitrogens with one attached hydrogen (secondary N) is 2. The number of hydrogen-bond donors (Lipinski definition) is 4. The Hall–Kier alpha value is -7.30. The summed E-state index contributed by atoms with van der Waals surface area (Å²) in [6.45, 7) is 17.7. The zero-order chi connectivity index (χ0) is 61.3. The molecule has 6 aromatic rings. The molecule has 3 saturated heterocycles. The number of morpholine rings is 2. The first-order chi connectivity index (χ1) is 41.1. The van der Waals surface area contributed by atoms with E-state index >= 15 is 0 Å². The Balaban J connectivity index is 0.000000176. The van der Waals surface area contributed by atoms with Crippen LogP contribution in [-0.4, -0.2) is 140 Å². The molecule has 0 bridgehead atoms. The van der Waals surface area contributed by atoms with Crippen molar-refractivity contribution in [1.82, 2.24) is 30.4 Å². The topological polar surface area (TPSA) is 232 Å². The molecule has 4 aromatic carbocycles. The lowest BCUT2D eigenvalue weighted by molar-refractivity contribution is -0.117. The molecule has 87 heavy (non-hydrogen) atoms. The summed E-state index contributed by atoms with van der Waals surface area (Å²) in [4.78, 5) is 61.4. The van der Waals surface area contributed by atoms with E-state index in [4.69, 9.17) is 62.9 Å². The minimum absolute atomic E-state index is 0. The predicted molar refractivity (Wildman–Crippen MR) is 345 cm³/mol. The van der Waals surface area contributed by atoms with Gasteiger partial charge < -0.3 is 60.2 Å². The van der Waals surface area contributed by atoms with E-state index in [9.17, 15) is 19.2 Å². The Morgan fingerprint density at radius 1 is 0.632 bits per heavy atom. The summed E-state index contributed by atoms with van der Waals surface area (Å²) in [7, 11) is -0.402. The number of amides is 4. The number of nitrogens with two attached hydrogens (primary N) is 2. The average molecular weight is 1290 g/mol. The van der Waals surface area contributed by atoms with Crippen LogP contribution in [0.3, 0.4) is 0 Å². The molecule has 0 aliphatic carbocycles. The average Bonchev–Trinajstić information content (AvgIpc) is 1.84. The molecule has 5 aliphatic rings. The van der Waals surface area contributed by atoms with Gasteiger partial charge in [0, 0.05) is 90.3 Å². The van der Waals surface area contributed by atoms with Gasteiger partial charge in [-0.25, -0.2) is 9.97 Å². The highest BCUT2D eigenvalue weighted by Gasteiger charge is 2.52. The molecule has 0 radical (unpaired) electrons. The zero-order valence-corrected chi connectivity index (χ0v) is 52.0. The van der Waals surface area contributed by atoms with Gasteiger partial charge in [-0.1, -0.05) is 70.8 Å². The van der Waals surface area contributed by atoms with Gasteiger partial charge in [0.25, 0.3) is 11.8 Å². The van der Waals surface area contributed by atoms with Gasteiger partial charge in [-0.2, -0.15) is 0 Å². The van der Waals surface area contributed by atoms with Gasteiger partial charge in [-0.15, -0.1) is 0 Å². The van der Waals surface area contributed by atoms with Crippen LogP contribution in [0.5, 0.6) is 11.5 Å². The summed E-state index contributed by atoms with van der Waals surface area (Å²) in [6, 6.07) is 26.3. The van der Waals surface area contributed by atoms with Crippen molar-refractivity contribution >= 4 is 99.1 Å². The third kappa shape index (κ3) is 16.9. The highest BCUT2D eigenvalue weighted by molar-refractivity contribution is 9.10. The van der Waals surface area contributed by atoms with E-state index in [0.29, 0.717) is 117 Å². The van der Waals surface area contributed by atoms with Crippen molar-refractivity contribution in [1.29, 1.82) is 0 Å². The van der Waals surface area contributed by atoms with Gasteiger partial charge in [0.1, 0.15) is 35.3 Å². The van der Waals surface area contributed by atoms with Gasteiger partial charge >= 0.3 is 7.12 Å². The molecule has 6 N–H and O–H groups in total. The molecule has 2 atom stereocenters. The molecule has 4 amide bonds. The van der Waals surface area contributed by atoms with Gasteiger partial charge in [0.05, 0.1) is 60.8 Å². The number of rotatable bonds is 12. The van der Waals surface area contributed by atoms with Crippen LogP contribution in [0.25, 0.3) is 23.3 Å². The van der Waals surface area contributed by atoms with Crippen molar-refractivity contribution in [2.75, 3.05) is 77.2 Å². The van der Waals surface area contributed by atoms with Crippen LogP contribution in [0.4, 0.5) is 11.6 Å². The van der Waals surface area contributed by atoms with E-state index in [0.717, 1.165) is 60.0 Å². The maximum atomic E-state index is 12.9. The second-order valence-electron chi connectivity index (χ2n) is 22.4. The first-order valence-electron chi connectivity index (χ1n) is 28.4. The third-order valence-electron chi connectivity index (χ3n) is 15.5. The van der Waals surface area contributed by atoms with Gasteiger partial charge in [-0.3, -0.25) is 19.2 Å². The number of fused-ring (bicyclic) bond motifs is 2. The van der Waals surface area contributed by atoms with Crippen LogP contribution < -0.4 is 37.0 Å². The number of pyridine rings is 2. The Kier molecular flexibility index (Phi) is 22.0. The van der Waals surface area contributed by atoms with Crippen molar-refractivity contribution in [2.24, 2.45) is 0 Å². The van der Waals surface area contributed by atoms with Crippen LogP contribution in [0.1, 0.15) is 89.2 Å². The maximum Gasteiger partial charge on any atom is 0.494 e. The minimum Gasteiger partial charge on any atom is -0.486 e. The second-order valence-corrected chi connectivity index (χ2v) is 24.1. The molecule has 2 aromatic heterocycles. The molecule has 5 aliphatic heterocycles. The summed E-state index contributed by atoms with van der Waals surface area (Å²) < 4.78 is 35.6. The normalized spacial score (nSPS) is 18.0. The summed E-state index contributed by atoms with van der Waals surface area (Å²) in [6.07, 6.45) is 10.5. The molecule has 0 spiro atoms. The molecule has 11 rings (SSSR count). The van der Waals surface area contributed by atoms with Crippen LogP contribution in [0.2, 0.25) is 10.0 Å². The van der Waals surface area contributed by atoms with E-state index in [2.05, 4.69) is 42.6 Å². The quantitative estimate of drug-likeness (QED) is 0.0661. The number of carbonyl (C=O) groups excluding carboxylic acids is 4. The van der Waals surface area contributed by atoms with Crippen LogP contribution >= 0.6 is 39.1 Å². The number of carbonyl (C=O) groups is 4. The first-order valence-corrected chi connectivity index (χ1v) is 29.9. The number of halogens is 3. The van der Waals surface area contributed by atoms with E-state index in [1.54, 1.807) is 54.9 Å². The summed E-state index contributed by atoms with van der Waals surface area (Å²) >= 11 is 16.2. The molecular formula is C65H74BBrCl2N8O10.